The third-order valence-corrected chi connectivity index (χ3v) is 10.6. The summed E-state index contributed by atoms with van der Waals surface area (Å²) in [6, 6.07) is 15.1. The molecule has 0 saturated heterocycles. The normalized spacial score (nSPS) is 21.5. The van der Waals surface area contributed by atoms with E-state index in [0.29, 0.717) is 31.4 Å². The van der Waals surface area contributed by atoms with Crippen LogP contribution in [-0.2, 0) is 16.1 Å². The number of benzene rings is 3. The number of nitrogens with zero attached hydrogens (tertiary/aromatic N) is 1. The van der Waals surface area contributed by atoms with Crippen molar-refractivity contribution in [1.82, 2.24) is 10.2 Å². The van der Waals surface area contributed by atoms with E-state index in [1.54, 1.807) is 18.9 Å². The Bertz CT molecular complexity index is 1610. The Morgan fingerprint density at radius 2 is 1.66 bits per heavy atom. The second-order valence-corrected chi connectivity index (χ2v) is 14.8. The Kier molecular flexibility index (Phi) is 10.7. The molecule has 11 heteroatoms. The number of alkyl halides is 1. The monoisotopic (exact) mass is 686 g/mol. The van der Waals surface area contributed by atoms with Crippen molar-refractivity contribution in [2.75, 3.05) is 7.11 Å². The molecule has 5 rings (SSSR count). The highest BCUT2D eigenvalue weighted by Crippen LogP contribution is 2.51. The van der Waals surface area contributed by atoms with E-state index < -0.39 is 40.1 Å². The maximum Gasteiger partial charge on any atom is 0.407 e. The highest BCUT2D eigenvalue weighted by molar-refractivity contribution is 8.01. The summed E-state index contributed by atoms with van der Waals surface area (Å²) < 4.78 is 40.7. The van der Waals surface area contributed by atoms with Crippen molar-refractivity contribution in [2.45, 2.75) is 99.2 Å². The molecule has 2 N–H and O–H groups in total. The van der Waals surface area contributed by atoms with Crippen LogP contribution in [0, 0.1) is 11.6 Å². The molecular weight excluding hydrogens is 646 g/mol. The first-order valence-electron chi connectivity index (χ1n) is 15.8. The Balaban J connectivity index is 1.43. The number of carbonyl (C=O) groups is 2. The molecule has 1 aliphatic carbocycles. The van der Waals surface area contributed by atoms with E-state index in [-0.39, 0.29) is 35.0 Å². The summed E-state index contributed by atoms with van der Waals surface area (Å²) in [6.45, 7) is 7.31. The van der Waals surface area contributed by atoms with Crippen LogP contribution in [0.4, 0.5) is 13.6 Å². The minimum Gasteiger partial charge on any atom is -0.496 e. The van der Waals surface area contributed by atoms with E-state index in [4.69, 9.17) is 21.1 Å². The number of fused-ring (bicyclic) bond motifs is 1. The van der Waals surface area contributed by atoms with Crippen molar-refractivity contribution in [3.63, 3.8) is 0 Å². The lowest BCUT2D eigenvalue weighted by molar-refractivity contribution is -0.134. The fourth-order valence-corrected chi connectivity index (χ4v) is 8.03. The second kappa shape index (κ2) is 14.4. The summed E-state index contributed by atoms with van der Waals surface area (Å²) in [5, 5.41) is 10.9. The van der Waals surface area contributed by atoms with E-state index in [2.05, 4.69) is 5.32 Å². The van der Waals surface area contributed by atoms with Crippen molar-refractivity contribution < 1.29 is 33.0 Å². The summed E-state index contributed by atoms with van der Waals surface area (Å²) in [7, 11) is 1.57. The zero-order valence-electron chi connectivity index (χ0n) is 27.2. The number of methoxy groups -OCH3 is 1. The number of ether oxygens (including phenoxy) is 2. The van der Waals surface area contributed by atoms with Crippen LogP contribution in [0.15, 0.2) is 59.5 Å². The highest BCUT2D eigenvalue weighted by Gasteiger charge is 2.44. The summed E-state index contributed by atoms with van der Waals surface area (Å²) >= 11 is 7.68. The number of nitrogens with one attached hydrogen (secondary N) is 1. The topological polar surface area (TPSA) is 88.1 Å². The number of alkyl carbamates (subject to hydrolysis) is 1. The van der Waals surface area contributed by atoms with Crippen molar-refractivity contribution in [3.8, 4) is 16.9 Å². The fourth-order valence-electron chi connectivity index (χ4n) is 6.22. The van der Waals surface area contributed by atoms with Crippen LogP contribution in [-0.4, -0.2) is 52.1 Å². The summed E-state index contributed by atoms with van der Waals surface area (Å²) in [5.74, 6) is -0.972. The van der Waals surface area contributed by atoms with Crippen LogP contribution in [0.25, 0.3) is 11.1 Å². The Labute approximate surface area is 284 Å². The Morgan fingerprint density at radius 3 is 2.26 bits per heavy atom. The molecule has 1 heterocycles. The molecule has 3 unspecified atom stereocenters. The quantitative estimate of drug-likeness (QED) is 0.232. The van der Waals surface area contributed by atoms with Gasteiger partial charge in [-0.25, -0.2) is 13.6 Å². The van der Waals surface area contributed by atoms with Crippen LogP contribution in [0.3, 0.4) is 0 Å². The van der Waals surface area contributed by atoms with Crippen LogP contribution in [0.1, 0.15) is 81.5 Å². The lowest BCUT2D eigenvalue weighted by Crippen LogP contribution is -2.49. The summed E-state index contributed by atoms with van der Waals surface area (Å²) in [5.41, 5.74) is 2.78. The predicted molar refractivity (Wildman–Crippen MR) is 180 cm³/mol. The van der Waals surface area contributed by atoms with Gasteiger partial charge in [-0.1, -0.05) is 30.3 Å². The zero-order valence-corrected chi connectivity index (χ0v) is 28.8. The second-order valence-electron chi connectivity index (χ2n) is 13.2. The SMILES string of the molecule is COc1ccc(-c2ccc(C(C)O)cc2)cc1CN(C(=O)C1Sc2c(F)ccc(F)c2C1Cl)C1CCC(NC(=O)OC(C)(C)C)CC1. The molecule has 47 heavy (non-hydrogen) atoms. The van der Waals surface area contributed by atoms with Crippen LogP contribution in [0.2, 0.25) is 0 Å². The third kappa shape index (κ3) is 8.04. The molecule has 2 amide bonds. The number of aliphatic hydroxyl groups excluding tert-OH is 1. The molecule has 0 bridgehead atoms. The molecule has 1 aliphatic heterocycles. The van der Waals surface area contributed by atoms with Crippen molar-refractivity contribution in [1.29, 1.82) is 0 Å². The van der Waals surface area contributed by atoms with Gasteiger partial charge >= 0.3 is 6.09 Å². The lowest BCUT2D eigenvalue weighted by atomic mass is 9.89. The lowest BCUT2D eigenvalue weighted by Gasteiger charge is -2.39. The van der Waals surface area contributed by atoms with Crippen LogP contribution in [0.5, 0.6) is 5.75 Å². The zero-order chi connectivity index (χ0) is 34.0. The Hall–Kier alpha value is -3.34. The molecule has 3 atom stereocenters. The van der Waals surface area contributed by atoms with Crippen molar-refractivity contribution in [3.05, 3.63) is 82.9 Å². The number of thioether (sulfide) groups is 1. The van der Waals surface area contributed by atoms with Gasteiger partial charge in [-0.05, 0) is 94.3 Å². The van der Waals surface area contributed by atoms with E-state index in [1.165, 1.54) is 0 Å². The van der Waals surface area contributed by atoms with Gasteiger partial charge in [-0.15, -0.1) is 23.4 Å². The number of hydrogen-bond acceptors (Lipinski definition) is 6. The van der Waals surface area contributed by atoms with E-state index >= 15 is 0 Å². The van der Waals surface area contributed by atoms with Gasteiger partial charge in [0.2, 0.25) is 5.91 Å². The first kappa shape index (κ1) is 35.0. The molecule has 3 aromatic carbocycles. The molecule has 7 nitrogen and oxygen atoms in total. The number of amides is 2. The molecule has 0 radical (unpaired) electrons. The Morgan fingerprint density at radius 1 is 1.02 bits per heavy atom. The summed E-state index contributed by atoms with van der Waals surface area (Å²) in [6.07, 6.45) is 1.35. The van der Waals surface area contributed by atoms with Crippen LogP contribution < -0.4 is 10.1 Å². The average Bonchev–Trinajstić information content (AvgIpc) is 3.39. The molecule has 2 aliphatic rings. The largest absolute Gasteiger partial charge is 0.496 e. The molecule has 1 saturated carbocycles. The summed E-state index contributed by atoms with van der Waals surface area (Å²) in [4.78, 5) is 28.7. The maximum absolute atomic E-state index is 14.8. The smallest absolute Gasteiger partial charge is 0.407 e. The number of halogens is 3. The minimum absolute atomic E-state index is 0.0143. The minimum atomic E-state index is -1.05. The first-order valence-corrected chi connectivity index (χ1v) is 17.1. The van der Waals surface area contributed by atoms with Gasteiger partial charge in [0.05, 0.1) is 23.5 Å². The van der Waals surface area contributed by atoms with Gasteiger partial charge < -0.3 is 24.8 Å². The van der Waals surface area contributed by atoms with Gasteiger partial charge in [-0.2, -0.15) is 0 Å². The van der Waals surface area contributed by atoms with E-state index in [9.17, 15) is 23.5 Å². The van der Waals surface area contributed by atoms with Gasteiger partial charge in [0.25, 0.3) is 0 Å². The van der Waals surface area contributed by atoms with Crippen LogP contribution >= 0.6 is 23.4 Å². The highest BCUT2D eigenvalue weighted by atomic mass is 35.5. The number of aliphatic hydroxyl groups is 1. The van der Waals surface area contributed by atoms with Gasteiger partial charge in [-0.3, -0.25) is 4.79 Å². The van der Waals surface area contributed by atoms with Crippen molar-refractivity contribution in [2.24, 2.45) is 0 Å². The van der Waals surface area contributed by atoms with Crippen molar-refractivity contribution >= 4 is 35.4 Å². The predicted octanol–water partition coefficient (Wildman–Crippen LogP) is 8.31. The van der Waals surface area contributed by atoms with Gasteiger partial charge in [0.15, 0.2) is 0 Å². The standard InChI is InChI=1S/C36H41ClF2N2O5S/c1-20(42)21-6-8-22(9-7-21)23-10-17-29(45-5)24(18-23)19-41(26-13-11-25(12-14-26)40-35(44)46-36(2,3)4)34(43)33-31(37)30-27(38)15-16-28(39)32(30)47-33/h6-10,15-18,20,25-26,31,33,42H,11-14,19H2,1-5H3,(H,40,44). The number of hydrogen-bond donors (Lipinski definition) is 2. The van der Waals surface area contributed by atoms with Gasteiger partial charge in [0.1, 0.15) is 28.2 Å². The molecule has 252 valence electrons. The first-order chi connectivity index (χ1) is 22.3. The molecule has 1 fully saturated rings. The number of rotatable bonds is 8. The third-order valence-electron chi connectivity index (χ3n) is 8.61. The van der Waals surface area contributed by atoms with E-state index in [0.717, 1.165) is 46.1 Å². The number of carbonyl (C=O) groups excluding carboxylic acids is 2. The fraction of sp³-hybridized carbons (Fsp3) is 0.444. The van der Waals surface area contributed by atoms with E-state index in [1.807, 2.05) is 63.2 Å². The molecule has 0 aromatic heterocycles. The molecule has 3 aromatic rings. The average molecular weight is 687 g/mol. The van der Waals surface area contributed by atoms with Gasteiger partial charge in [0, 0.05) is 29.8 Å². The molecule has 0 spiro atoms. The molecular formula is C36H41ClF2N2O5S. The maximum atomic E-state index is 14.8.